The van der Waals surface area contributed by atoms with Crippen molar-refractivity contribution in [1.82, 2.24) is 4.90 Å². The second kappa shape index (κ2) is 17.6. The number of hydrogen-bond donors (Lipinski definition) is 2. The van der Waals surface area contributed by atoms with E-state index in [2.05, 4.69) is 0 Å². The van der Waals surface area contributed by atoms with E-state index < -0.39 is 34.2 Å². The number of hydrogen-bond acceptors (Lipinski definition) is 12. The number of amides is 1. The number of phenols is 1. The smallest absolute Gasteiger partial charge is 0.499 e. The Balaban J connectivity index is 2.73. The van der Waals surface area contributed by atoms with E-state index in [0.717, 1.165) is 18.2 Å². The highest BCUT2D eigenvalue weighted by Gasteiger charge is 2.23. The molecule has 204 valence electrons. The number of rotatable bonds is 17. The zero-order valence-corrected chi connectivity index (χ0v) is 20.7. The summed E-state index contributed by atoms with van der Waals surface area (Å²) in [6, 6.07) is 3.76. The summed E-state index contributed by atoms with van der Waals surface area (Å²) >= 11 is 0. The molecule has 1 aromatic carbocycles. The van der Waals surface area contributed by atoms with E-state index in [-0.39, 0.29) is 50.8 Å². The van der Waals surface area contributed by atoms with E-state index in [1.54, 1.807) is 19.9 Å². The first kappa shape index (κ1) is 31.3. The van der Waals surface area contributed by atoms with Gasteiger partial charge in [-0.25, -0.2) is 4.79 Å². The molecule has 0 aromatic heterocycles. The molecule has 37 heavy (non-hydrogen) atoms. The molecule has 0 unspecified atom stereocenters. The number of nitro benzene ring substituents is 1. The van der Waals surface area contributed by atoms with Gasteiger partial charge in [0.25, 0.3) is 5.91 Å². The highest BCUT2D eigenvalue weighted by Crippen LogP contribution is 2.38. The van der Waals surface area contributed by atoms with Crippen molar-refractivity contribution in [2.45, 2.75) is 13.8 Å². The molecule has 0 fully saturated rings. The minimum Gasteiger partial charge on any atom is -0.499 e. The molecule has 0 atom stereocenters. The van der Waals surface area contributed by atoms with Crippen LogP contribution < -0.4 is 4.74 Å². The van der Waals surface area contributed by atoms with Gasteiger partial charge in [0.2, 0.25) is 5.75 Å². The number of carbonyl (C=O) groups is 2. The number of carbonyl (C=O) groups excluding carboxylic acids is 2. The largest absolute Gasteiger partial charge is 0.514 e. The van der Waals surface area contributed by atoms with Gasteiger partial charge in [-0.3, -0.25) is 14.9 Å². The third kappa shape index (κ3) is 11.2. The molecule has 0 heterocycles. The number of benzene rings is 1. The number of nitriles is 1. The van der Waals surface area contributed by atoms with Crippen LogP contribution in [0.3, 0.4) is 0 Å². The number of aliphatic hydroxyl groups is 1. The van der Waals surface area contributed by atoms with E-state index in [1.807, 2.05) is 0 Å². The molecular formula is C23H31N3O11. The van der Waals surface area contributed by atoms with Crippen LogP contribution in [0.15, 0.2) is 17.7 Å². The number of nitrogens with zero attached hydrogens (tertiary/aromatic N) is 3. The monoisotopic (exact) mass is 525 g/mol. The molecule has 1 amide bonds. The first-order valence-electron chi connectivity index (χ1n) is 11.4. The summed E-state index contributed by atoms with van der Waals surface area (Å²) in [5.41, 5.74) is -1.11. The number of aliphatic hydroxyl groups excluding tert-OH is 1. The van der Waals surface area contributed by atoms with Gasteiger partial charge < -0.3 is 38.8 Å². The lowest BCUT2D eigenvalue weighted by Crippen LogP contribution is -2.31. The van der Waals surface area contributed by atoms with Crippen LogP contribution in [0.4, 0.5) is 10.5 Å². The van der Waals surface area contributed by atoms with Gasteiger partial charge in [0.15, 0.2) is 5.75 Å². The molecule has 0 aliphatic heterocycles. The summed E-state index contributed by atoms with van der Waals surface area (Å²) < 4.78 is 25.2. The first-order valence-corrected chi connectivity index (χ1v) is 11.4. The summed E-state index contributed by atoms with van der Waals surface area (Å²) in [5.74, 6) is -2.09. The molecule has 14 heteroatoms. The second-order valence-electron chi connectivity index (χ2n) is 7.05. The maximum absolute atomic E-state index is 12.5. The lowest BCUT2D eigenvalue weighted by molar-refractivity contribution is -0.385. The Morgan fingerprint density at radius 3 is 2.14 bits per heavy atom. The zero-order chi connectivity index (χ0) is 27.6. The van der Waals surface area contributed by atoms with Crippen molar-refractivity contribution in [1.29, 1.82) is 5.26 Å². The first-order chi connectivity index (χ1) is 17.8. The van der Waals surface area contributed by atoms with Crippen molar-refractivity contribution in [2.75, 3.05) is 65.9 Å². The van der Waals surface area contributed by atoms with Gasteiger partial charge in [-0.15, -0.1) is 0 Å². The van der Waals surface area contributed by atoms with Crippen LogP contribution >= 0.6 is 0 Å². The molecule has 0 radical (unpaired) electrons. The molecule has 0 aliphatic rings. The molecule has 1 rings (SSSR count). The van der Waals surface area contributed by atoms with Crippen molar-refractivity contribution in [3.05, 3.63) is 33.4 Å². The van der Waals surface area contributed by atoms with Gasteiger partial charge in [0, 0.05) is 19.2 Å². The summed E-state index contributed by atoms with van der Waals surface area (Å²) in [6.45, 7) is 5.28. The fourth-order valence-electron chi connectivity index (χ4n) is 2.81. The predicted octanol–water partition coefficient (Wildman–Crippen LogP) is 1.63. The van der Waals surface area contributed by atoms with Crippen LogP contribution in [-0.4, -0.2) is 98.0 Å². The molecule has 0 aliphatic carbocycles. The highest BCUT2D eigenvalue weighted by atomic mass is 16.7. The van der Waals surface area contributed by atoms with E-state index in [0.29, 0.717) is 26.3 Å². The Kier molecular flexibility index (Phi) is 14.9. The SMILES string of the molecule is CCN(CC)C(=O)C(C#N)=Cc1cc(OC(=O)OCCOCCOCCOCCO)c(O)c([N+](=O)[O-])c1. The Bertz CT molecular complexity index is 971. The fraction of sp³-hybridized carbons (Fsp3) is 0.522. The van der Waals surface area contributed by atoms with Crippen LogP contribution in [0, 0.1) is 21.4 Å². The molecule has 2 N–H and O–H groups in total. The maximum Gasteiger partial charge on any atom is 0.514 e. The Labute approximate surface area is 213 Å². The zero-order valence-electron chi connectivity index (χ0n) is 20.7. The van der Waals surface area contributed by atoms with E-state index in [4.69, 9.17) is 28.8 Å². The van der Waals surface area contributed by atoms with Crippen molar-refractivity contribution in [2.24, 2.45) is 0 Å². The normalized spacial score (nSPS) is 11.0. The number of nitro groups is 1. The van der Waals surface area contributed by atoms with E-state index >= 15 is 0 Å². The third-order valence-corrected chi connectivity index (χ3v) is 4.61. The number of likely N-dealkylation sites (N-methyl/N-ethyl adjacent to an activating group) is 1. The Morgan fingerprint density at radius 1 is 1.05 bits per heavy atom. The van der Waals surface area contributed by atoms with Crippen molar-refractivity contribution in [3.63, 3.8) is 0 Å². The molecule has 1 aromatic rings. The molecule has 0 spiro atoms. The fourth-order valence-corrected chi connectivity index (χ4v) is 2.81. The lowest BCUT2D eigenvalue weighted by atomic mass is 10.1. The average Bonchev–Trinajstić information content (AvgIpc) is 2.87. The van der Waals surface area contributed by atoms with Crippen LogP contribution in [-0.2, 0) is 23.7 Å². The standard InChI is InChI=1S/C23H31N3O11/c1-3-25(4-2)22(29)18(16-24)13-17-14-19(26(31)32)21(28)20(15-17)37-23(30)36-12-11-35-10-9-34-8-7-33-6-5-27/h13-15,27-28H,3-12H2,1-2H3. The third-order valence-electron chi connectivity index (χ3n) is 4.61. The van der Waals surface area contributed by atoms with Crippen molar-refractivity contribution < 1.29 is 48.4 Å². The number of ether oxygens (including phenoxy) is 5. The second-order valence-corrected chi connectivity index (χ2v) is 7.05. The molecule has 0 saturated heterocycles. The van der Waals surface area contributed by atoms with Crippen molar-refractivity contribution >= 4 is 23.8 Å². The van der Waals surface area contributed by atoms with Crippen LogP contribution in [0.2, 0.25) is 0 Å². The van der Waals surface area contributed by atoms with Gasteiger partial charge in [-0.2, -0.15) is 5.26 Å². The molecule has 14 nitrogen and oxygen atoms in total. The maximum atomic E-state index is 12.5. The van der Waals surface area contributed by atoms with Gasteiger partial charge in [0.1, 0.15) is 18.2 Å². The predicted molar refractivity (Wildman–Crippen MR) is 128 cm³/mol. The molecular weight excluding hydrogens is 494 g/mol. The summed E-state index contributed by atoms with van der Waals surface area (Å²) in [5, 5.41) is 39.5. The van der Waals surface area contributed by atoms with Gasteiger partial charge in [-0.05, 0) is 31.6 Å². The molecule has 0 saturated carbocycles. The van der Waals surface area contributed by atoms with Crippen LogP contribution in [0.25, 0.3) is 6.08 Å². The summed E-state index contributed by atoms with van der Waals surface area (Å²) in [6.07, 6.45) is -0.161. The summed E-state index contributed by atoms with van der Waals surface area (Å²) in [4.78, 5) is 36.3. The Morgan fingerprint density at radius 2 is 1.62 bits per heavy atom. The van der Waals surface area contributed by atoms with Crippen LogP contribution in [0.1, 0.15) is 19.4 Å². The topological polar surface area (TPSA) is 191 Å². The molecule has 0 bridgehead atoms. The summed E-state index contributed by atoms with van der Waals surface area (Å²) in [7, 11) is 0. The van der Waals surface area contributed by atoms with Gasteiger partial charge >= 0.3 is 11.8 Å². The van der Waals surface area contributed by atoms with E-state index in [1.165, 1.54) is 4.90 Å². The minimum absolute atomic E-state index is 0.00732. The van der Waals surface area contributed by atoms with Crippen molar-refractivity contribution in [3.8, 4) is 17.6 Å². The lowest BCUT2D eigenvalue weighted by Gasteiger charge is -2.17. The Hall–Kier alpha value is -3.77. The quantitative estimate of drug-likeness (QED) is 0.0569. The van der Waals surface area contributed by atoms with E-state index in [9.17, 15) is 30.1 Å². The minimum atomic E-state index is -1.26. The van der Waals surface area contributed by atoms with Gasteiger partial charge in [-0.1, -0.05) is 0 Å². The number of phenolic OH excluding ortho intramolecular Hbond substituents is 1. The van der Waals surface area contributed by atoms with Crippen LogP contribution in [0.5, 0.6) is 11.5 Å². The average molecular weight is 526 g/mol. The highest BCUT2D eigenvalue weighted by molar-refractivity contribution is 6.01. The number of aromatic hydroxyl groups is 1. The van der Waals surface area contributed by atoms with Gasteiger partial charge in [0.05, 0.1) is 51.2 Å².